The normalized spacial score (nSPS) is 41.4. The summed E-state index contributed by atoms with van der Waals surface area (Å²) in [4.78, 5) is 15.2. The van der Waals surface area contributed by atoms with Crippen LogP contribution in [0.2, 0.25) is 0 Å². The highest BCUT2D eigenvalue weighted by molar-refractivity contribution is 5.90. The van der Waals surface area contributed by atoms with Crippen molar-refractivity contribution in [2.24, 2.45) is 5.92 Å². The summed E-state index contributed by atoms with van der Waals surface area (Å²) >= 11 is 0. The van der Waals surface area contributed by atoms with E-state index in [1.807, 2.05) is 6.07 Å². The highest BCUT2D eigenvalue weighted by atomic mass is 16.5. The van der Waals surface area contributed by atoms with Crippen LogP contribution in [0, 0.1) is 5.92 Å². The van der Waals surface area contributed by atoms with Gasteiger partial charge in [-0.25, -0.2) is 0 Å². The van der Waals surface area contributed by atoms with Crippen LogP contribution < -0.4 is 4.74 Å². The molecule has 1 saturated heterocycles. The van der Waals surface area contributed by atoms with Gasteiger partial charge in [0.05, 0.1) is 11.0 Å². The van der Waals surface area contributed by atoms with E-state index in [1.54, 1.807) is 6.07 Å². The van der Waals surface area contributed by atoms with Crippen molar-refractivity contribution in [1.29, 1.82) is 0 Å². The molecule has 2 aliphatic heterocycles. The van der Waals surface area contributed by atoms with Crippen LogP contribution in [0.4, 0.5) is 0 Å². The van der Waals surface area contributed by atoms with E-state index in [-0.39, 0.29) is 17.6 Å². The van der Waals surface area contributed by atoms with Gasteiger partial charge >= 0.3 is 0 Å². The Kier molecular flexibility index (Phi) is 2.55. The Morgan fingerprint density at radius 3 is 2.92 bits per heavy atom. The summed E-state index contributed by atoms with van der Waals surface area (Å²) in [6.45, 7) is 1.95. The Bertz CT molecular complexity index is 803. The Balaban J connectivity index is 1.58. The van der Waals surface area contributed by atoms with Crippen molar-refractivity contribution in [3.8, 4) is 11.5 Å². The molecule has 2 bridgehead atoms. The van der Waals surface area contributed by atoms with Crippen molar-refractivity contribution in [1.82, 2.24) is 4.90 Å². The van der Waals surface area contributed by atoms with E-state index in [9.17, 15) is 15.0 Å². The minimum Gasteiger partial charge on any atom is -0.504 e. The number of ether oxygens (including phenoxy) is 1. The van der Waals surface area contributed by atoms with E-state index in [2.05, 4.69) is 4.90 Å². The number of carbonyl (C=O) groups excluding carboxylic acids is 1. The zero-order chi connectivity index (χ0) is 17.0. The molecule has 3 aliphatic carbocycles. The second-order valence-electron chi connectivity index (χ2n) is 8.72. The largest absolute Gasteiger partial charge is 0.504 e. The maximum atomic E-state index is 12.7. The molecule has 2 saturated carbocycles. The van der Waals surface area contributed by atoms with E-state index >= 15 is 0 Å². The maximum Gasteiger partial charge on any atom is 0.174 e. The van der Waals surface area contributed by atoms with Gasteiger partial charge in [0.15, 0.2) is 23.4 Å². The second kappa shape index (κ2) is 4.38. The number of carbonyl (C=O) groups is 1. The highest BCUT2D eigenvalue weighted by Gasteiger charge is 2.73. The first-order valence-corrected chi connectivity index (χ1v) is 9.56. The minimum absolute atomic E-state index is 0.0454. The van der Waals surface area contributed by atoms with E-state index in [0.29, 0.717) is 18.6 Å². The summed E-state index contributed by atoms with van der Waals surface area (Å²) in [5.41, 5.74) is 0.454. The fraction of sp³-hybridized carbons (Fsp3) is 0.650. The summed E-state index contributed by atoms with van der Waals surface area (Å²) in [5, 5.41) is 22.3. The number of Topliss-reactive ketones (excluding diaryl/α,β-unsaturated/α-hetero) is 1. The summed E-state index contributed by atoms with van der Waals surface area (Å²) < 4.78 is 6.04. The number of aliphatic hydroxyl groups is 1. The van der Waals surface area contributed by atoms with Crippen LogP contribution in [0.3, 0.4) is 0 Å². The number of nitrogens with zero attached hydrogens (tertiary/aromatic N) is 1. The molecule has 0 unspecified atom stereocenters. The van der Waals surface area contributed by atoms with Crippen LogP contribution in [0.1, 0.15) is 43.2 Å². The quantitative estimate of drug-likeness (QED) is 0.854. The van der Waals surface area contributed by atoms with Gasteiger partial charge in [0.25, 0.3) is 0 Å². The maximum absolute atomic E-state index is 12.7. The van der Waals surface area contributed by atoms with Crippen molar-refractivity contribution in [2.75, 3.05) is 13.1 Å². The van der Waals surface area contributed by atoms with Gasteiger partial charge < -0.3 is 14.9 Å². The van der Waals surface area contributed by atoms with Crippen LogP contribution in [0.25, 0.3) is 0 Å². The lowest BCUT2D eigenvalue weighted by molar-refractivity contribution is -0.188. The molecule has 25 heavy (non-hydrogen) atoms. The van der Waals surface area contributed by atoms with Gasteiger partial charge in [-0.15, -0.1) is 0 Å². The topological polar surface area (TPSA) is 70.0 Å². The predicted molar refractivity (Wildman–Crippen MR) is 89.8 cm³/mol. The van der Waals surface area contributed by atoms with Gasteiger partial charge in [-0.3, -0.25) is 9.69 Å². The number of phenols is 1. The molecule has 6 rings (SSSR count). The van der Waals surface area contributed by atoms with Crippen LogP contribution in [-0.2, 0) is 16.6 Å². The zero-order valence-electron chi connectivity index (χ0n) is 14.2. The molecule has 0 aromatic heterocycles. The van der Waals surface area contributed by atoms with Crippen molar-refractivity contribution >= 4 is 5.78 Å². The highest BCUT2D eigenvalue weighted by Crippen LogP contribution is 2.64. The Labute approximate surface area is 146 Å². The molecule has 5 nitrogen and oxygen atoms in total. The van der Waals surface area contributed by atoms with Crippen molar-refractivity contribution < 1.29 is 19.7 Å². The SMILES string of the molecule is O=C1CC[C@]2(O)[C@@H]3Cc4ccc(O)c5c4[C@]2(CCN3CC2CC2)[C@@H]1O5. The Morgan fingerprint density at radius 2 is 2.12 bits per heavy atom. The second-order valence-corrected chi connectivity index (χ2v) is 8.72. The zero-order valence-corrected chi connectivity index (χ0v) is 14.2. The number of phenolic OH excluding ortho intramolecular Hbond substituents is 1. The minimum atomic E-state index is -0.940. The molecule has 132 valence electrons. The molecule has 5 heteroatoms. The standard InChI is InChI=1S/C20H23NO4/c22-13-4-3-12-9-15-20(24)6-5-14(23)18-19(20,16(12)17(13)25-18)7-8-21(15)10-11-1-2-11/h3-4,11,15,18,22,24H,1-2,5-10H2/t15-,18+,19+,20-/m0/s1. The van der Waals surface area contributed by atoms with E-state index in [0.717, 1.165) is 43.0 Å². The fourth-order valence-corrected chi connectivity index (χ4v) is 6.26. The van der Waals surface area contributed by atoms with Gasteiger partial charge in [-0.2, -0.15) is 0 Å². The van der Waals surface area contributed by atoms with Crippen molar-refractivity contribution in [3.05, 3.63) is 23.3 Å². The lowest BCUT2D eigenvalue weighted by Gasteiger charge is -2.62. The van der Waals surface area contributed by atoms with Crippen LogP contribution in [0.15, 0.2) is 12.1 Å². The molecule has 5 aliphatic rings. The van der Waals surface area contributed by atoms with Crippen molar-refractivity contribution in [3.63, 3.8) is 0 Å². The average molecular weight is 341 g/mol. The number of hydrogen-bond acceptors (Lipinski definition) is 5. The average Bonchev–Trinajstić information content (AvgIpc) is 3.32. The summed E-state index contributed by atoms with van der Waals surface area (Å²) in [6, 6.07) is 3.69. The lowest BCUT2D eigenvalue weighted by Crippen LogP contribution is -2.76. The smallest absolute Gasteiger partial charge is 0.174 e. The molecule has 2 heterocycles. The number of hydrogen-bond donors (Lipinski definition) is 2. The van der Waals surface area contributed by atoms with Gasteiger partial charge in [0.2, 0.25) is 0 Å². The molecule has 0 radical (unpaired) electrons. The molecular formula is C20H23NO4. The monoisotopic (exact) mass is 341 g/mol. The van der Waals surface area contributed by atoms with E-state index in [4.69, 9.17) is 4.74 Å². The first kappa shape index (κ1) is 14.6. The number of rotatable bonds is 2. The van der Waals surface area contributed by atoms with E-state index in [1.165, 1.54) is 12.8 Å². The first-order valence-electron chi connectivity index (χ1n) is 9.56. The van der Waals surface area contributed by atoms with Gasteiger partial charge in [0.1, 0.15) is 0 Å². The number of ketones is 1. The summed E-state index contributed by atoms with van der Waals surface area (Å²) in [5.74, 6) is 1.39. The van der Waals surface area contributed by atoms with Gasteiger partial charge in [-0.1, -0.05) is 6.07 Å². The van der Waals surface area contributed by atoms with Crippen LogP contribution in [0.5, 0.6) is 11.5 Å². The first-order chi connectivity index (χ1) is 12.0. The van der Waals surface area contributed by atoms with E-state index < -0.39 is 17.1 Å². The third kappa shape index (κ3) is 1.56. The molecule has 1 aromatic carbocycles. The third-order valence-corrected chi connectivity index (χ3v) is 7.56. The molecule has 4 atom stereocenters. The number of likely N-dealkylation sites (tertiary alicyclic amines) is 1. The number of benzene rings is 1. The predicted octanol–water partition coefficient (Wildman–Crippen LogP) is 1.53. The third-order valence-electron chi connectivity index (χ3n) is 7.56. The molecule has 1 aromatic rings. The lowest BCUT2D eigenvalue weighted by atomic mass is 9.49. The number of piperidine rings is 1. The Morgan fingerprint density at radius 1 is 1.28 bits per heavy atom. The Hall–Kier alpha value is -1.59. The molecule has 2 N–H and O–H groups in total. The molecule has 1 spiro atoms. The van der Waals surface area contributed by atoms with Crippen molar-refractivity contribution in [2.45, 2.75) is 61.7 Å². The number of aromatic hydroxyl groups is 1. The van der Waals surface area contributed by atoms with Gasteiger partial charge in [0, 0.05) is 24.6 Å². The molecular weight excluding hydrogens is 318 g/mol. The molecule has 0 amide bonds. The van der Waals surface area contributed by atoms with Crippen LogP contribution >= 0.6 is 0 Å². The fourth-order valence-electron chi connectivity index (χ4n) is 6.26. The van der Waals surface area contributed by atoms with Gasteiger partial charge in [-0.05, 0) is 56.2 Å². The van der Waals surface area contributed by atoms with Crippen LogP contribution in [-0.4, -0.2) is 51.7 Å². The molecule has 3 fully saturated rings. The summed E-state index contributed by atoms with van der Waals surface area (Å²) in [7, 11) is 0. The summed E-state index contributed by atoms with van der Waals surface area (Å²) in [6.07, 6.45) is 4.33.